The van der Waals surface area contributed by atoms with E-state index < -0.39 is 24.1 Å². The molecule has 1 atom stereocenters. The van der Waals surface area contributed by atoms with Gasteiger partial charge in [0.1, 0.15) is 5.75 Å². The maximum atomic E-state index is 12.7. The van der Waals surface area contributed by atoms with Gasteiger partial charge in [0, 0.05) is 24.7 Å². The zero-order chi connectivity index (χ0) is 25.9. The van der Waals surface area contributed by atoms with Crippen molar-refractivity contribution in [1.82, 2.24) is 0 Å². The van der Waals surface area contributed by atoms with Crippen LogP contribution in [0.15, 0.2) is 72.8 Å². The monoisotopic (exact) mass is 495 g/mol. The van der Waals surface area contributed by atoms with Gasteiger partial charge in [0.2, 0.25) is 0 Å². The highest BCUT2D eigenvalue weighted by Crippen LogP contribution is 2.44. The Morgan fingerprint density at radius 1 is 1.08 bits per heavy atom. The van der Waals surface area contributed by atoms with Crippen LogP contribution in [0.1, 0.15) is 41.2 Å². The van der Waals surface area contributed by atoms with Crippen LogP contribution in [0.5, 0.6) is 5.75 Å². The van der Waals surface area contributed by atoms with E-state index in [2.05, 4.69) is 16.6 Å². The van der Waals surface area contributed by atoms with Gasteiger partial charge < -0.3 is 14.7 Å². The van der Waals surface area contributed by atoms with Crippen molar-refractivity contribution in [2.45, 2.75) is 37.9 Å². The molecule has 7 heteroatoms. The van der Waals surface area contributed by atoms with E-state index in [4.69, 9.17) is 0 Å². The summed E-state index contributed by atoms with van der Waals surface area (Å²) in [6.45, 7) is 2.78. The van der Waals surface area contributed by atoms with Gasteiger partial charge in [-0.2, -0.15) is 13.2 Å². The molecule has 0 aromatic heterocycles. The van der Waals surface area contributed by atoms with Gasteiger partial charge in [-0.1, -0.05) is 42.5 Å². The summed E-state index contributed by atoms with van der Waals surface area (Å²) in [7, 11) is 1.33. The van der Waals surface area contributed by atoms with Crippen molar-refractivity contribution in [2.75, 3.05) is 18.6 Å². The Labute approximate surface area is 208 Å². The molecule has 0 radical (unpaired) electrons. The van der Waals surface area contributed by atoms with Crippen LogP contribution < -0.4 is 4.90 Å². The van der Waals surface area contributed by atoms with E-state index in [1.54, 1.807) is 30.3 Å². The molecule has 0 amide bonds. The summed E-state index contributed by atoms with van der Waals surface area (Å²) in [5, 5.41) is 10.1. The number of benzene rings is 3. The lowest BCUT2D eigenvalue weighted by Gasteiger charge is -2.48. The molecule has 0 saturated carbocycles. The number of esters is 1. The fraction of sp³-hybridized carbons (Fsp3) is 0.276. The summed E-state index contributed by atoms with van der Waals surface area (Å²) in [4.78, 5) is 13.7. The lowest BCUT2D eigenvalue weighted by molar-refractivity contribution is -0.135. The molecular formula is C29H28F3NO3. The van der Waals surface area contributed by atoms with Crippen LogP contribution in [-0.4, -0.2) is 30.9 Å². The zero-order valence-corrected chi connectivity index (χ0v) is 20.2. The standard InChI is InChI=1S/C29H28F3NO3/c1-28(23-8-3-20(4-9-23)7-14-27(35)36-2)26-13-12-25(34)19-22(26)16-18-33(28)24-10-5-21(6-11-24)15-17-29(30,31)32/h3-14,19,34H,15-18H2,1-2H3. The van der Waals surface area contributed by atoms with E-state index in [1.165, 1.54) is 13.2 Å². The number of aromatic hydroxyl groups is 1. The summed E-state index contributed by atoms with van der Waals surface area (Å²) in [5.74, 6) is -0.223. The molecule has 36 heavy (non-hydrogen) atoms. The Morgan fingerprint density at radius 2 is 1.78 bits per heavy atom. The van der Waals surface area contributed by atoms with E-state index in [0.29, 0.717) is 12.1 Å². The molecule has 1 heterocycles. The first-order chi connectivity index (χ1) is 17.1. The smallest absolute Gasteiger partial charge is 0.389 e. The lowest BCUT2D eigenvalue weighted by atomic mass is 9.76. The minimum atomic E-state index is -4.18. The van der Waals surface area contributed by atoms with Gasteiger partial charge in [-0.05, 0) is 77.9 Å². The fourth-order valence-corrected chi connectivity index (χ4v) is 4.84. The highest BCUT2D eigenvalue weighted by atomic mass is 19.4. The fourth-order valence-electron chi connectivity index (χ4n) is 4.84. The second kappa shape index (κ2) is 10.1. The number of nitrogens with zero attached hydrogens (tertiary/aromatic N) is 1. The average molecular weight is 496 g/mol. The quantitative estimate of drug-likeness (QED) is 0.318. The number of alkyl halides is 3. The number of fused-ring (bicyclic) bond motifs is 1. The topological polar surface area (TPSA) is 49.8 Å². The van der Waals surface area contributed by atoms with Gasteiger partial charge in [-0.25, -0.2) is 4.79 Å². The highest BCUT2D eigenvalue weighted by molar-refractivity contribution is 5.86. The van der Waals surface area contributed by atoms with Gasteiger partial charge in [0.05, 0.1) is 12.6 Å². The Kier molecular flexibility index (Phi) is 7.11. The first kappa shape index (κ1) is 25.4. The summed E-state index contributed by atoms with van der Waals surface area (Å²) in [5.41, 5.74) is 4.89. The van der Waals surface area contributed by atoms with E-state index in [9.17, 15) is 23.1 Å². The molecule has 4 nitrogen and oxygen atoms in total. The number of aryl methyl sites for hydroxylation is 1. The molecule has 0 fully saturated rings. The van der Waals surface area contributed by atoms with Gasteiger partial charge in [-0.3, -0.25) is 0 Å². The van der Waals surface area contributed by atoms with Crippen LogP contribution in [0.4, 0.5) is 18.9 Å². The van der Waals surface area contributed by atoms with Crippen molar-refractivity contribution < 1.29 is 27.8 Å². The number of carbonyl (C=O) groups is 1. The molecule has 0 saturated heterocycles. The molecule has 1 N–H and O–H groups in total. The second-order valence-corrected chi connectivity index (χ2v) is 9.08. The molecule has 188 valence electrons. The van der Waals surface area contributed by atoms with Gasteiger partial charge in [0.15, 0.2) is 0 Å². The number of hydrogen-bond acceptors (Lipinski definition) is 4. The van der Waals surface area contributed by atoms with E-state index in [0.717, 1.165) is 34.4 Å². The maximum absolute atomic E-state index is 12.7. The van der Waals surface area contributed by atoms with E-state index in [1.807, 2.05) is 42.5 Å². The van der Waals surface area contributed by atoms with Crippen molar-refractivity contribution in [1.29, 1.82) is 0 Å². The average Bonchev–Trinajstić information content (AvgIpc) is 2.86. The lowest BCUT2D eigenvalue weighted by Crippen LogP contribution is -2.49. The molecule has 1 unspecified atom stereocenters. The normalized spacial score (nSPS) is 17.8. The number of ether oxygens (including phenoxy) is 1. The van der Waals surface area contributed by atoms with Crippen LogP contribution >= 0.6 is 0 Å². The summed E-state index contributed by atoms with van der Waals surface area (Å²) >= 11 is 0. The predicted molar refractivity (Wildman–Crippen MR) is 134 cm³/mol. The molecule has 1 aliphatic heterocycles. The summed E-state index contributed by atoms with van der Waals surface area (Å²) in [6.07, 6.45) is -1.32. The first-order valence-electron chi connectivity index (χ1n) is 11.7. The minimum Gasteiger partial charge on any atom is -0.508 e. The summed E-state index contributed by atoms with van der Waals surface area (Å²) in [6, 6.07) is 20.5. The largest absolute Gasteiger partial charge is 0.508 e. The van der Waals surface area contributed by atoms with Gasteiger partial charge >= 0.3 is 12.1 Å². The number of phenols is 1. The number of rotatable bonds is 6. The van der Waals surface area contributed by atoms with Crippen LogP contribution in [-0.2, 0) is 27.9 Å². The Hall–Kier alpha value is -3.74. The Bertz CT molecular complexity index is 1250. The van der Waals surface area contributed by atoms with Gasteiger partial charge in [0.25, 0.3) is 0 Å². The third-order valence-corrected chi connectivity index (χ3v) is 6.79. The molecule has 3 aromatic carbocycles. The molecular weight excluding hydrogens is 467 g/mol. The minimum absolute atomic E-state index is 0.0519. The number of anilines is 1. The zero-order valence-electron chi connectivity index (χ0n) is 20.2. The van der Waals surface area contributed by atoms with Gasteiger partial charge in [-0.15, -0.1) is 0 Å². The highest BCUT2D eigenvalue weighted by Gasteiger charge is 2.40. The third kappa shape index (κ3) is 5.40. The van der Waals surface area contributed by atoms with Crippen molar-refractivity contribution >= 4 is 17.7 Å². The SMILES string of the molecule is COC(=O)C=Cc1ccc(C2(C)c3ccc(O)cc3CCN2c2ccc(CCC(F)(F)F)cc2)cc1. The predicted octanol–water partition coefficient (Wildman–Crippen LogP) is 6.40. The molecule has 0 spiro atoms. The second-order valence-electron chi connectivity index (χ2n) is 9.08. The Balaban J connectivity index is 1.71. The number of methoxy groups -OCH3 is 1. The third-order valence-electron chi connectivity index (χ3n) is 6.79. The number of carbonyl (C=O) groups excluding carboxylic acids is 1. The molecule has 1 aliphatic rings. The van der Waals surface area contributed by atoms with Crippen LogP contribution in [0, 0.1) is 0 Å². The molecule has 0 bridgehead atoms. The van der Waals surface area contributed by atoms with E-state index >= 15 is 0 Å². The first-order valence-corrected chi connectivity index (χ1v) is 11.7. The number of hydrogen-bond donors (Lipinski definition) is 1. The van der Waals surface area contributed by atoms with E-state index in [-0.39, 0.29) is 12.2 Å². The number of phenolic OH excluding ortho intramolecular Hbond substituents is 1. The van der Waals surface area contributed by atoms with Crippen molar-refractivity contribution in [3.05, 3.63) is 101 Å². The molecule has 4 rings (SSSR count). The molecule has 3 aromatic rings. The van der Waals surface area contributed by atoms with Crippen molar-refractivity contribution in [2.24, 2.45) is 0 Å². The molecule has 0 aliphatic carbocycles. The maximum Gasteiger partial charge on any atom is 0.389 e. The van der Waals surface area contributed by atoms with Crippen LogP contribution in [0.2, 0.25) is 0 Å². The summed E-state index contributed by atoms with van der Waals surface area (Å²) < 4.78 is 42.6. The number of halogens is 3. The van der Waals surface area contributed by atoms with Crippen LogP contribution in [0.3, 0.4) is 0 Å². The van der Waals surface area contributed by atoms with Crippen LogP contribution in [0.25, 0.3) is 6.08 Å². The van der Waals surface area contributed by atoms with Crippen molar-refractivity contribution in [3.63, 3.8) is 0 Å². The Morgan fingerprint density at radius 3 is 2.42 bits per heavy atom. The van der Waals surface area contributed by atoms with Crippen molar-refractivity contribution in [3.8, 4) is 5.75 Å².